The first-order valence-corrected chi connectivity index (χ1v) is 5.43. The molecule has 1 aromatic carbocycles. The van der Waals surface area contributed by atoms with Gasteiger partial charge in [-0.15, -0.1) is 11.8 Å². The largest absolute Gasteiger partial charge is 0.478 e. The standard InChI is InChI=1S/C10H8ClFO2S/c11-8-6-7(3-4-9(8)12)15-5-1-2-10(13)14/h1-4,6H,5H2,(H,13,14)/b2-1+. The van der Waals surface area contributed by atoms with Crippen LogP contribution >= 0.6 is 23.4 Å². The molecule has 0 saturated carbocycles. The Hall–Kier alpha value is -1.00. The SMILES string of the molecule is O=C(O)/C=C/CSc1ccc(F)c(Cl)c1. The molecule has 0 radical (unpaired) electrons. The molecule has 0 spiro atoms. The highest BCUT2D eigenvalue weighted by Crippen LogP contribution is 2.23. The van der Waals surface area contributed by atoms with Gasteiger partial charge < -0.3 is 5.11 Å². The van der Waals surface area contributed by atoms with E-state index in [1.54, 1.807) is 6.07 Å². The average molecular weight is 247 g/mol. The third kappa shape index (κ3) is 4.36. The molecule has 1 N–H and O–H groups in total. The zero-order valence-corrected chi connectivity index (χ0v) is 9.19. The molecular weight excluding hydrogens is 239 g/mol. The summed E-state index contributed by atoms with van der Waals surface area (Å²) in [7, 11) is 0. The second kappa shape index (κ2) is 5.78. The number of thioether (sulfide) groups is 1. The summed E-state index contributed by atoms with van der Waals surface area (Å²) in [5.41, 5.74) is 0. The van der Waals surface area contributed by atoms with Gasteiger partial charge in [-0.25, -0.2) is 9.18 Å². The minimum absolute atomic E-state index is 0.0715. The van der Waals surface area contributed by atoms with Gasteiger partial charge in [0.25, 0.3) is 0 Å². The molecule has 0 saturated heterocycles. The van der Waals surface area contributed by atoms with Gasteiger partial charge in [0.1, 0.15) is 5.82 Å². The van der Waals surface area contributed by atoms with Crippen molar-refractivity contribution in [2.45, 2.75) is 4.90 Å². The first kappa shape index (κ1) is 12.1. The van der Waals surface area contributed by atoms with E-state index in [0.29, 0.717) is 5.75 Å². The molecule has 0 amide bonds. The van der Waals surface area contributed by atoms with Crippen molar-refractivity contribution in [3.8, 4) is 0 Å². The molecule has 0 heterocycles. The Kier molecular flexibility index (Phi) is 4.65. The minimum atomic E-state index is -0.979. The predicted octanol–water partition coefficient (Wildman–Crippen LogP) is 3.21. The summed E-state index contributed by atoms with van der Waals surface area (Å²) < 4.78 is 12.8. The highest BCUT2D eigenvalue weighted by atomic mass is 35.5. The molecule has 1 aromatic rings. The van der Waals surface area contributed by atoms with E-state index in [0.717, 1.165) is 11.0 Å². The fraction of sp³-hybridized carbons (Fsp3) is 0.100. The number of carboxylic acids is 1. The molecule has 0 aliphatic rings. The van der Waals surface area contributed by atoms with Crippen molar-refractivity contribution in [1.82, 2.24) is 0 Å². The van der Waals surface area contributed by atoms with Crippen LogP contribution < -0.4 is 0 Å². The fourth-order valence-electron chi connectivity index (χ4n) is 0.860. The fourth-order valence-corrected chi connectivity index (χ4v) is 1.86. The molecule has 0 bridgehead atoms. The van der Waals surface area contributed by atoms with Crippen LogP contribution in [0.25, 0.3) is 0 Å². The number of aliphatic carboxylic acids is 1. The van der Waals surface area contributed by atoms with Crippen molar-refractivity contribution < 1.29 is 14.3 Å². The summed E-state index contributed by atoms with van der Waals surface area (Å²) in [6.07, 6.45) is 2.59. The summed E-state index contributed by atoms with van der Waals surface area (Å²) >= 11 is 6.96. The van der Waals surface area contributed by atoms with Gasteiger partial charge in [-0.2, -0.15) is 0 Å². The Labute approximate surface area is 95.7 Å². The van der Waals surface area contributed by atoms with Gasteiger partial charge in [0.05, 0.1) is 5.02 Å². The molecule has 0 aliphatic heterocycles. The van der Waals surface area contributed by atoms with Gasteiger partial charge in [0, 0.05) is 16.7 Å². The maximum atomic E-state index is 12.8. The number of halogens is 2. The first-order chi connectivity index (χ1) is 7.09. The molecular formula is C10H8ClFO2S. The third-order valence-electron chi connectivity index (χ3n) is 1.50. The van der Waals surface area contributed by atoms with E-state index < -0.39 is 11.8 Å². The van der Waals surface area contributed by atoms with Gasteiger partial charge >= 0.3 is 5.97 Å². The Morgan fingerprint density at radius 1 is 1.60 bits per heavy atom. The van der Waals surface area contributed by atoms with Crippen LogP contribution in [0.4, 0.5) is 4.39 Å². The number of benzene rings is 1. The monoisotopic (exact) mass is 246 g/mol. The summed E-state index contributed by atoms with van der Waals surface area (Å²) in [4.78, 5) is 10.9. The molecule has 0 aromatic heterocycles. The summed E-state index contributed by atoms with van der Waals surface area (Å²) in [6, 6.07) is 4.39. The normalized spacial score (nSPS) is 10.8. The van der Waals surface area contributed by atoms with E-state index in [-0.39, 0.29) is 5.02 Å². The van der Waals surface area contributed by atoms with Crippen molar-refractivity contribution in [2.24, 2.45) is 0 Å². The molecule has 15 heavy (non-hydrogen) atoms. The van der Waals surface area contributed by atoms with Crippen LogP contribution in [-0.2, 0) is 4.79 Å². The number of hydrogen-bond donors (Lipinski definition) is 1. The Morgan fingerprint density at radius 3 is 2.93 bits per heavy atom. The van der Waals surface area contributed by atoms with Crippen LogP contribution in [0.5, 0.6) is 0 Å². The topological polar surface area (TPSA) is 37.3 Å². The van der Waals surface area contributed by atoms with Crippen molar-refractivity contribution >= 4 is 29.3 Å². The zero-order chi connectivity index (χ0) is 11.3. The smallest absolute Gasteiger partial charge is 0.328 e. The number of carbonyl (C=O) groups is 1. The van der Waals surface area contributed by atoms with Crippen LogP contribution in [-0.4, -0.2) is 16.8 Å². The van der Waals surface area contributed by atoms with Crippen molar-refractivity contribution in [2.75, 3.05) is 5.75 Å². The second-order valence-electron chi connectivity index (χ2n) is 2.63. The Balaban J connectivity index is 2.51. The quantitative estimate of drug-likeness (QED) is 0.655. The highest BCUT2D eigenvalue weighted by Gasteiger charge is 2.00. The van der Waals surface area contributed by atoms with Crippen molar-refractivity contribution in [3.05, 3.63) is 41.2 Å². The zero-order valence-electron chi connectivity index (χ0n) is 7.61. The number of hydrogen-bond acceptors (Lipinski definition) is 2. The summed E-state index contributed by atoms with van der Waals surface area (Å²) in [5.74, 6) is -0.927. The molecule has 0 atom stereocenters. The van der Waals surface area contributed by atoms with E-state index in [1.807, 2.05) is 0 Å². The van der Waals surface area contributed by atoms with Crippen molar-refractivity contribution in [3.63, 3.8) is 0 Å². The molecule has 0 unspecified atom stereocenters. The highest BCUT2D eigenvalue weighted by molar-refractivity contribution is 7.99. The summed E-state index contributed by atoms with van der Waals surface area (Å²) in [5, 5.41) is 8.40. The van der Waals surface area contributed by atoms with Gasteiger partial charge in [0.2, 0.25) is 0 Å². The lowest BCUT2D eigenvalue weighted by Crippen LogP contribution is -1.86. The number of rotatable bonds is 4. The average Bonchev–Trinajstić information content (AvgIpc) is 2.18. The molecule has 0 aliphatic carbocycles. The van der Waals surface area contributed by atoms with E-state index in [1.165, 1.54) is 30.0 Å². The van der Waals surface area contributed by atoms with E-state index in [2.05, 4.69) is 0 Å². The van der Waals surface area contributed by atoms with E-state index in [4.69, 9.17) is 16.7 Å². The lowest BCUT2D eigenvalue weighted by molar-refractivity contribution is -0.131. The van der Waals surface area contributed by atoms with E-state index in [9.17, 15) is 9.18 Å². The lowest BCUT2D eigenvalue weighted by Gasteiger charge is -1.99. The molecule has 2 nitrogen and oxygen atoms in total. The van der Waals surface area contributed by atoms with Gasteiger partial charge in [-0.1, -0.05) is 17.7 Å². The molecule has 1 rings (SSSR count). The molecule has 0 fully saturated rings. The van der Waals surface area contributed by atoms with Crippen LogP contribution in [0.15, 0.2) is 35.2 Å². The second-order valence-corrected chi connectivity index (χ2v) is 4.13. The van der Waals surface area contributed by atoms with Crippen molar-refractivity contribution in [1.29, 1.82) is 0 Å². The van der Waals surface area contributed by atoms with Gasteiger partial charge in [-0.3, -0.25) is 0 Å². The van der Waals surface area contributed by atoms with E-state index >= 15 is 0 Å². The van der Waals surface area contributed by atoms with Crippen LogP contribution in [0, 0.1) is 5.82 Å². The maximum Gasteiger partial charge on any atom is 0.328 e. The predicted molar refractivity (Wildman–Crippen MR) is 58.9 cm³/mol. The molecule has 5 heteroatoms. The molecule has 80 valence electrons. The third-order valence-corrected chi connectivity index (χ3v) is 2.73. The van der Waals surface area contributed by atoms with Crippen LogP contribution in [0.3, 0.4) is 0 Å². The van der Waals surface area contributed by atoms with Crippen LogP contribution in [0.2, 0.25) is 5.02 Å². The first-order valence-electron chi connectivity index (χ1n) is 4.07. The van der Waals surface area contributed by atoms with Gasteiger partial charge in [-0.05, 0) is 18.2 Å². The Morgan fingerprint density at radius 2 is 2.33 bits per heavy atom. The summed E-state index contributed by atoms with van der Waals surface area (Å²) in [6.45, 7) is 0. The van der Waals surface area contributed by atoms with Gasteiger partial charge in [0.15, 0.2) is 0 Å². The minimum Gasteiger partial charge on any atom is -0.478 e. The number of carboxylic acid groups (broad SMARTS) is 1. The Bertz CT molecular complexity index is 393. The van der Waals surface area contributed by atoms with Crippen LogP contribution in [0.1, 0.15) is 0 Å². The maximum absolute atomic E-state index is 12.8. The lowest BCUT2D eigenvalue weighted by atomic mass is 10.3.